The number of fused-ring (bicyclic) bond motifs is 2. The molecular weight excluding hydrogens is 747 g/mol. The summed E-state index contributed by atoms with van der Waals surface area (Å²) in [6, 6.07) is 0. The van der Waals surface area contributed by atoms with E-state index in [9.17, 15) is 64.1 Å². The minimum Gasteiger partial charge on any atom is -0.462 e. The molecule has 54 heavy (non-hydrogen) atoms. The van der Waals surface area contributed by atoms with Crippen LogP contribution < -0.4 is 0 Å². The second kappa shape index (κ2) is 19.6. The number of hydrogen-bond acceptors (Lipinski definition) is 9. The Morgan fingerprint density at radius 1 is 0.685 bits per heavy atom. The first kappa shape index (κ1) is 50.9. The maximum absolute atomic E-state index is 12.9. The first-order valence-electron chi connectivity index (χ1n) is 17.0. The van der Waals surface area contributed by atoms with E-state index in [4.69, 9.17) is 14.6 Å². The SMILES string of the molecule is C=C(C)C(=O)OC1C2CCC(C2)C1CC(C)(O)C(F)(F)F.C=C(C)C(=O)OCC(C)CC(C)(O)C(F)(F)F.C=C(C)C(=O)OCCCC(C)(O)C(F)(F)F. The fourth-order valence-electron chi connectivity index (χ4n) is 5.66. The van der Waals surface area contributed by atoms with Gasteiger partial charge in [-0.1, -0.05) is 26.7 Å². The van der Waals surface area contributed by atoms with Crippen LogP contribution in [-0.4, -0.2) is 87.9 Å². The van der Waals surface area contributed by atoms with Gasteiger partial charge < -0.3 is 29.5 Å². The topological polar surface area (TPSA) is 140 Å². The Balaban J connectivity index is 0.000000792. The molecule has 2 aliphatic carbocycles. The Hall–Kier alpha value is -3.12. The van der Waals surface area contributed by atoms with Crippen LogP contribution in [0.2, 0.25) is 0 Å². The number of ether oxygens (including phenoxy) is 3. The zero-order valence-corrected chi connectivity index (χ0v) is 31.6. The van der Waals surface area contributed by atoms with Gasteiger partial charge in [0.05, 0.1) is 13.2 Å². The monoisotopic (exact) mass is 800 g/mol. The summed E-state index contributed by atoms with van der Waals surface area (Å²) in [5, 5.41) is 28.0. The molecule has 0 aromatic carbocycles. The number of halogens is 9. The number of rotatable bonds is 14. The number of aliphatic hydroxyl groups is 3. The average Bonchev–Trinajstić information content (AvgIpc) is 3.59. The molecule has 0 amide bonds. The third-order valence-corrected chi connectivity index (χ3v) is 9.05. The van der Waals surface area contributed by atoms with Gasteiger partial charge in [0.2, 0.25) is 0 Å². The molecule has 2 aliphatic rings. The van der Waals surface area contributed by atoms with Crippen LogP contribution in [0.5, 0.6) is 0 Å². The van der Waals surface area contributed by atoms with E-state index in [1.54, 1.807) is 0 Å². The van der Waals surface area contributed by atoms with E-state index < -0.39 is 90.4 Å². The largest absolute Gasteiger partial charge is 0.462 e. The van der Waals surface area contributed by atoms with Crippen molar-refractivity contribution < 1.29 is 83.4 Å². The van der Waals surface area contributed by atoms with Gasteiger partial charge in [-0.25, -0.2) is 14.4 Å². The molecule has 0 aromatic heterocycles. The van der Waals surface area contributed by atoms with Gasteiger partial charge in [0.25, 0.3) is 0 Å². The highest BCUT2D eigenvalue weighted by Gasteiger charge is 2.57. The van der Waals surface area contributed by atoms with Crippen molar-refractivity contribution in [1.29, 1.82) is 0 Å². The van der Waals surface area contributed by atoms with E-state index in [1.807, 2.05) is 0 Å². The molecule has 2 fully saturated rings. The van der Waals surface area contributed by atoms with Crippen LogP contribution in [0, 0.1) is 23.7 Å². The van der Waals surface area contributed by atoms with Crippen molar-refractivity contribution >= 4 is 17.9 Å². The average molecular weight is 801 g/mol. The lowest BCUT2D eigenvalue weighted by molar-refractivity contribution is -0.261. The normalized spacial score (nSPS) is 23.4. The Morgan fingerprint density at radius 3 is 1.54 bits per heavy atom. The van der Waals surface area contributed by atoms with Gasteiger partial charge >= 0.3 is 36.4 Å². The number of hydrogen-bond donors (Lipinski definition) is 3. The third-order valence-electron chi connectivity index (χ3n) is 9.05. The number of esters is 3. The summed E-state index contributed by atoms with van der Waals surface area (Å²) in [5.41, 5.74) is -7.68. The van der Waals surface area contributed by atoms with Gasteiger partial charge in [-0.05, 0) is 104 Å². The molecule has 0 spiro atoms. The van der Waals surface area contributed by atoms with Crippen LogP contribution in [-0.2, 0) is 28.6 Å². The maximum Gasteiger partial charge on any atom is 0.416 e. The van der Waals surface area contributed by atoms with Gasteiger partial charge in [0.1, 0.15) is 6.10 Å². The van der Waals surface area contributed by atoms with Crippen molar-refractivity contribution in [2.24, 2.45) is 23.7 Å². The summed E-state index contributed by atoms with van der Waals surface area (Å²) in [4.78, 5) is 33.5. The fraction of sp³-hybridized carbons (Fsp3) is 0.750. The molecule has 2 saturated carbocycles. The number of carbonyl (C=O) groups excluding carboxylic acids is 3. The van der Waals surface area contributed by atoms with Crippen molar-refractivity contribution in [3.05, 3.63) is 36.5 Å². The molecule has 0 aromatic rings. The van der Waals surface area contributed by atoms with Crippen LogP contribution in [0.15, 0.2) is 36.5 Å². The van der Waals surface area contributed by atoms with Crippen molar-refractivity contribution in [3.8, 4) is 0 Å². The van der Waals surface area contributed by atoms with E-state index in [1.165, 1.54) is 27.7 Å². The second-order valence-corrected chi connectivity index (χ2v) is 14.9. The van der Waals surface area contributed by atoms with Crippen LogP contribution in [0.4, 0.5) is 39.5 Å². The predicted molar refractivity (Wildman–Crippen MR) is 178 cm³/mol. The quantitative estimate of drug-likeness (QED) is 0.0527. The smallest absolute Gasteiger partial charge is 0.416 e. The molecule has 8 atom stereocenters. The summed E-state index contributed by atoms with van der Waals surface area (Å²) in [7, 11) is 0. The second-order valence-electron chi connectivity index (χ2n) is 14.9. The number of carbonyl (C=O) groups is 3. The van der Waals surface area contributed by atoms with Crippen LogP contribution in [0.3, 0.4) is 0 Å². The summed E-state index contributed by atoms with van der Waals surface area (Å²) in [6.07, 6.45) is -13.7. The first-order chi connectivity index (χ1) is 24.1. The molecule has 9 nitrogen and oxygen atoms in total. The van der Waals surface area contributed by atoms with Crippen LogP contribution in [0.1, 0.15) is 93.4 Å². The highest BCUT2D eigenvalue weighted by atomic mass is 19.4. The van der Waals surface area contributed by atoms with Gasteiger partial charge in [-0.3, -0.25) is 0 Å². The molecule has 0 saturated heterocycles. The standard InChI is InChI=1S/C15H21F3O3.C11H17F3O3.C10H15F3O3/c1-8(2)13(19)21-12-10-5-4-9(6-10)11(12)7-14(3,20)15(16,17)18;1-7(2)9(15)17-6-8(3)5-10(4,16)11(12,13)14;1-7(2)8(14)16-6-4-5-9(3,15)10(11,12)13/h9-12,20H,1,4-7H2,2-3H3;8,16H,1,5-6H2,2-4H3;15H,1,4-6H2,2-3H3. The zero-order chi connectivity index (χ0) is 42.8. The van der Waals surface area contributed by atoms with Crippen LogP contribution >= 0.6 is 0 Å². The summed E-state index contributed by atoms with van der Waals surface area (Å²) in [5.74, 6) is -2.71. The molecule has 8 unspecified atom stereocenters. The van der Waals surface area contributed by atoms with E-state index >= 15 is 0 Å². The van der Waals surface area contributed by atoms with Crippen molar-refractivity contribution in [2.75, 3.05) is 13.2 Å². The Labute approximate surface area is 309 Å². The Morgan fingerprint density at radius 2 is 1.11 bits per heavy atom. The van der Waals surface area contributed by atoms with Crippen molar-refractivity contribution in [1.82, 2.24) is 0 Å². The predicted octanol–water partition coefficient (Wildman–Crippen LogP) is 7.87. The van der Waals surface area contributed by atoms with E-state index in [0.717, 1.165) is 26.2 Å². The van der Waals surface area contributed by atoms with Gasteiger partial charge in [-0.15, -0.1) is 0 Å². The molecule has 0 heterocycles. The van der Waals surface area contributed by atoms with Crippen LogP contribution in [0.25, 0.3) is 0 Å². The van der Waals surface area contributed by atoms with E-state index in [-0.39, 0.29) is 48.2 Å². The first-order valence-corrected chi connectivity index (χ1v) is 17.0. The molecule has 2 rings (SSSR count). The van der Waals surface area contributed by atoms with Gasteiger partial charge in [0.15, 0.2) is 16.8 Å². The zero-order valence-electron chi connectivity index (χ0n) is 31.6. The van der Waals surface area contributed by atoms with Crippen molar-refractivity contribution in [3.63, 3.8) is 0 Å². The number of alkyl halides is 9. The summed E-state index contributed by atoms with van der Waals surface area (Å²) >= 11 is 0. The highest BCUT2D eigenvalue weighted by molar-refractivity contribution is 5.87. The molecular formula is C36H53F9O9. The molecule has 0 radical (unpaired) electrons. The molecule has 3 N–H and O–H groups in total. The van der Waals surface area contributed by atoms with Crippen molar-refractivity contribution in [2.45, 2.75) is 135 Å². The highest BCUT2D eigenvalue weighted by Crippen LogP contribution is 2.53. The molecule has 2 bridgehead atoms. The van der Waals surface area contributed by atoms with Gasteiger partial charge in [-0.2, -0.15) is 39.5 Å². The maximum atomic E-state index is 12.9. The minimum absolute atomic E-state index is 0.0640. The molecule has 0 aliphatic heterocycles. The fourth-order valence-corrected chi connectivity index (χ4v) is 5.66. The van der Waals surface area contributed by atoms with E-state index in [2.05, 4.69) is 24.5 Å². The third kappa shape index (κ3) is 15.9. The van der Waals surface area contributed by atoms with E-state index in [0.29, 0.717) is 13.8 Å². The summed E-state index contributed by atoms with van der Waals surface area (Å²) in [6.45, 7) is 17.8. The molecule has 18 heteroatoms. The Bertz CT molecular complexity index is 1320. The molecule has 314 valence electrons. The summed E-state index contributed by atoms with van der Waals surface area (Å²) < 4.78 is 127. The minimum atomic E-state index is -4.69. The lowest BCUT2D eigenvalue weighted by Crippen LogP contribution is -2.47. The Kier molecular flexibility index (Phi) is 18.5. The lowest BCUT2D eigenvalue weighted by Gasteiger charge is -2.36. The lowest BCUT2D eigenvalue weighted by atomic mass is 9.79. The van der Waals surface area contributed by atoms with Gasteiger partial charge in [0, 0.05) is 22.6 Å².